The fourth-order valence-electron chi connectivity index (χ4n) is 0. The van der Waals surface area contributed by atoms with Gasteiger partial charge in [0.05, 0.1) is 0 Å². The van der Waals surface area contributed by atoms with Crippen LogP contribution in [0.3, 0.4) is 0 Å². The summed E-state index contributed by atoms with van der Waals surface area (Å²) in [6.07, 6.45) is 0. The van der Waals surface area contributed by atoms with Gasteiger partial charge >= 0.3 is 0 Å². The molecule has 0 atom stereocenters. The first kappa shape index (κ1) is 8.87. The molecule has 0 bridgehead atoms. The van der Waals surface area contributed by atoms with Crippen LogP contribution < -0.4 is 5.73 Å². The van der Waals surface area contributed by atoms with Gasteiger partial charge in [-0.05, 0) is 5.96 Å². The Bertz CT molecular complexity index is 29.9. The summed E-state index contributed by atoms with van der Waals surface area (Å²) in [5, 5.41) is 5.94. The first-order valence-electron chi connectivity index (χ1n) is 0.789. The molecular formula is CH4N3Re-. The third kappa shape index (κ3) is 3210. The second-order valence-corrected chi connectivity index (χ2v) is 0.414. The van der Waals surface area contributed by atoms with Gasteiger partial charge in [-0.15, -0.1) is 0 Å². The average molecular weight is 244 g/mol. The van der Waals surface area contributed by atoms with Crippen molar-refractivity contribution < 1.29 is 20.4 Å². The Morgan fingerprint density at radius 3 is 1.80 bits per heavy atom. The molecule has 0 unspecified atom stereocenters. The van der Waals surface area contributed by atoms with Gasteiger partial charge in [0.25, 0.3) is 0 Å². The van der Waals surface area contributed by atoms with Crippen molar-refractivity contribution in [2.75, 3.05) is 0 Å². The molecule has 31 valence electrons. The Morgan fingerprint density at radius 2 is 1.80 bits per heavy atom. The molecule has 0 aliphatic heterocycles. The van der Waals surface area contributed by atoms with Crippen molar-refractivity contribution >= 4 is 5.96 Å². The summed E-state index contributed by atoms with van der Waals surface area (Å²) in [6.45, 7) is 0. The minimum Gasteiger partial charge on any atom is -0.454 e. The Hall–Kier alpha value is -0.0677. The number of rotatable bonds is 0. The smallest absolute Gasteiger partial charge is 0 e. The third-order valence-electron chi connectivity index (χ3n) is 0. The number of hydrogen-bond acceptors (Lipinski definition) is 1. The summed E-state index contributed by atoms with van der Waals surface area (Å²) in [5.41, 5.74) is 10.3. The zero-order valence-electron chi connectivity index (χ0n) is 2.46. The quantitative estimate of drug-likeness (QED) is 0.454. The van der Waals surface area contributed by atoms with Gasteiger partial charge in [0.2, 0.25) is 0 Å². The molecule has 4 heteroatoms. The topological polar surface area (TPSA) is 73.7 Å². The van der Waals surface area contributed by atoms with Crippen molar-refractivity contribution in [1.82, 2.24) is 0 Å². The molecule has 0 aliphatic rings. The van der Waals surface area contributed by atoms with Gasteiger partial charge in [0, 0.05) is 20.4 Å². The maximum absolute atomic E-state index is 5.94. The first-order valence-corrected chi connectivity index (χ1v) is 0.789. The summed E-state index contributed by atoms with van der Waals surface area (Å²) in [5.74, 6) is -0.583. The Kier molecular flexibility index (Phi) is 6.98. The third-order valence-corrected chi connectivity index (χ3v) is 0. The number of guanidine groups is 1. The van der Waals surface area contributed by atoms with E-state index in [1.165, 1.54) is 0 Å². The summed E-state index contributed by atoms with van der Waals surface area (Å²) in [6, 6.07) is 0. The van der Waals surface area contributed by atoms with E-state index in [1.54, 1.807) is 0 Å². The van der Waals surface area contributed by atoms with Crippen molar-refractivity contribution in [2.45, 2.75) is 0 Å². The van der Waals surface area contributed by atoms with Crippen molar-refractivity contribution in [3.05, 3.63) is 5.73 Å². The monoisotopic (exact) mass is 245 g/mol. The van der Waals surface area contributed by atoms with Crippen molar-refractivity contribution in [3.63, 3.8) is 0 Å². The van der Waals surface area contributed by atoms with Gasteiger partial charge in [0.15, 0.2) is 0 Å². The summed E-state index contributed by atoms with van der Waals surface area (Å²) >= 11 is 0. The molecule has 0 heterocycles. The second-order valence-electron chi connectivity index (χ2n) is 0.414. The van der Waals surface area contributed by atoms with E-state index in [0.717, 1.165) is 0 Å². The van der Waals surface area contributed by atoms with E-state index in [0.29, 0.717) is 0 Å². The number of nitrogens with one attached hydrogen (secondary N) is 2. The normalized spacial score (nSPS) is 4.80. The summed E-state index contributed by atoms with van der Waals surface area (Å²) in [4.78, 5) is 0. The van der Waals surface area contributed by atoms with E-state index in [1.807, 2.05) is 0 Å². The van der Waals surface area contributed by atoms with Crippen molar-refractivity contribution in [3.8, 4) is 0 Å². The summed E-state index contributed by atoms with van der Waals surface area (Å²) < 4.78 is 0. The Balaban J connectivity index is 0. The van der Waals surface area contributed by atoms with Gasteiger partial charge in [-0.3, -0.25) is 0 Å². The van der Waals surface area contributed by atoms with Crippen LogP contribution in [-0.2, 0) is 20.4 Å². The molecule has 3 nitrogen and oxygen atoms in total. The van der Waals surface area contributed by atoms with Crippen LogP contribution in [0.4, 0.5) is 0 Å². The Labute approximate surface area is 43.9 Å². The standard InChI is InChI=1S/CH4N3.Re/c2-1(3)4;/h(H4-,2,3,4);/q-1;. The molecule has 4 N–H and O–H groups in total. The molecule has 0 aromatic carbocycles. The summed E-state index contributed by atoms with van der Waals surface area (Å²) in [7, 11) is 0. The predicted molar refractivity (Wildman–Crippen MR) is 16.2 cm³/mol. The number of hydrogen-bond donors (Lipinski definition) is 2. The minimum absolute atomic E-state index is 0. The first-order chi connectivity index (χ1) is 1.73. The van der Waals surface area contributed by atoms with Crippen LogP contribution in [0.5, 0.6) is 0 Å². The van der Waals surface area contributed by atoms with E-state index >= 15 is 0 Å². The van der Waals surface area contributed by atoms with Crippen LogP contribution >= 0.6 is 0 Å². The molecule has 0 fully saturated rings. The van der Waals surface area contributed by atoms with Crippen molar-refractivity contribution in [1.29, 1.82) is 5.41 Å². The molecule has 0 rings (SSSR count). The molecule has 0 saturated carbocycles. The Morgan fingerprint density at radius 1 is 1.80 bits per heavy atom. The number of nitrogens with two attached hydrogens (primary N) is 1. The molecule has 1 radical (unpaired) electrons. The zero-order chi connectivity index (χ0) is 3.58. The fraction of sp³-hybridized carbons (Fsp3) is 0. The largest absolute Gasteiger partial charge is 0.454 e. The molecule has 0 aliphatic carbocycles. The van der Waals surface area contributed by atoms with Crippen LogP contribution in [-0.4, -0.2) is 5.96 Å². The van der Waals surface area contributed by atoms with E-state index in [4.69, 9.17) is 11.1 Å². The van der Waals surface area contributed by atoms with Crippen LogP contribution in [0.15, 0.2) is 0 Å². The molecule has 0 aromatic heterocycles. The maximum atomic E-state index is 5.94. The molecule has 0 saturated heterocycles. The predicted octanol–water partition coefficient (Wildman–Crippen LogP) is -0.0704. The molecule has 0 amide bonds. The molecule has 0 aromatic rings. The van der Waals surface area contributed by atoms with Crippen LogP contribution in [0.2, 0.25) is 0 Å². The molecular weight excluding hydrogens is 240 g/mol. The van der Waals surface area contributed by atoms with Crippen LogP contribution in [0.1, 0.15) is 0 Å². The van der Waals surface area contributed by atoms with Gasteiger partial charge in [-0.2, -0.15) is 0 Å². The van der Waals surface area contributed by atoms with E-state index < -0.39 is 5.96 Å². The second kappa shape index (κ2) is 3.93. The van der Waals surface area contributed by atoms with Crippen molar-refractivity contribution in [2.24, 2.45) is 5.73 Å². The van der Waals surface area contributed by atoms with Gasteiger partial charge in [0.1, 0.15) is 0 Å². The van der Waals surface area contributed by atoms with Gasteiger partial charge in [-0.25, -0.2) is 0 Å². The molecule has 5 heavy (non-hydrogen) atoms. The van der Waals surface area contributed by atoms with E-state index in [9.17, 15) is 0 Å². The SMILES string of the molecule is N=C([NH-])N.[Re]. The average Bonchev–Trinajstić information content (AvgIpc) is 0.811. The molecule has 0 spiro atoms. The van der Waals surface area contributed by atoms with E-state index in [2.05, 4.69) is 5.73 Å². The van der Waals surface area contributed by atoms with Crippen LogP contribution in [0.25, 0.3) is 5.73 Å². The van der Waals surface area contributed by atoms with E-state index in [-0.39, 0.29) is 20.4 Å². The van der Waals surface area contributed by atoms with Crippen LogP contribution in [0, 0.1) is 5.41 Å². The van der Waals surface area contributed by atoms with Gasteiger partial charge < -0.3 is 16.9 Å². The van der Waals surface area contributed by atoms with Gasteiger partial charge in [-0.1, -0.05) is 0 Å². The fourth-order valence-corrected chi connectivity index (χ4v) is 0. The zero-order valence-corrected chi connectivity index (χ0v) is 5.17. The minimum atomic E-state index is -0.583. The maximum Gasteiger partial charge on any atom is 0 e.